The zero-order valence-corrected chi connectivity index (χ0v) is 8.42. The van der Waals surface area contributed by atoms with Gasteiger partial charge in [-0.3, -0.25) is 0 Å². The first-order valence-electron chi connectivity index (χ1n) is 4.52. The molecule has 76 valence electrons. The highest BCUT2D eigenvalue weighted by atomic mass is 35.5. The van der Waals surface area contributed by atoms with Crippen molar-refractivity contribution in [3.05, 3.63) is 17.3 Å². The Morgan fingerprint density at radius 2 is 2.43 bits per heavy atom. The van der Waals surface area contributed by atoms with Crippen LogP contribution in [-0.4, -0.2) is 24.2 Å². The summed E-state index contributed by atoms with van der Waals surface area (Å²) in [5.41, 5.74) is 6.36. The fraction of sp³-hybridized carbons (Fsp3) is 0.444. The molecule has 0 bridgehead atoms. The quantitative estimate of drug-likeness (QED) is 0.732. The zero-order valence-electron chi connectivity index (χ0n) is 7.66. The van der Waals surface area contributed by atoms with E-state index in [9.17, 15) is 0 Å². The Labute approximate surface area is 87.4 Å². The molecule has 1 saturated heterocycles. The van der Waals surface area contributed by atoms with Crippen LogP contribution in [0.4, 0.5) is 11.5 Å². The lowest BCUT2D eigenvalue weighted by molar-refractivity contribution is 0.195. The van der Waals surface area contributed by atoms with E-state index in [1.54, 1.807) is 12.1 Å². The summed E-state index contributed by atoms with van der Waals surface area (Å²) in [5.74, 6) is 0.646. The number of nitrogen functional groups attached to an aromatic ring is 1. The molecule has 1 aliphatic rings. The van der Waals surface area contributed by atoms with Crippen LogP contribution in [0.2, 0.25) is 5.15 Å². The second-order valence-corrected chi connectivity index (χ2v) is 3.66. The molecule has 0 aromatic carbocycles. The average molecular weight is 214 g/mol. The Balaban J connectivity index is 2.10. The van der Waals surface area contributed by atoms with E-state index in [4.69, 9.17) is 22.1 Å². The maximum Gasteiger partial charge on any atom is 0.151 e. The lowest BCUT2D eigenvalue weighted by atomic mass is 10.2. The molecule has 4 nitrogen and oxygen atoms in total. The number of nitrogens with two attached hydrogens (primary N) is 1. The summed E-state index contributed by atoms with van der Waals surface area (Å²) in [4.78, 5) is 4.11. The SMILES string of the molecule is Nc1ccc(Cl)nc1NC1CCOC1. The molecule has 0 spiro atoms. The Morgan fingerprint density at radius 1 is 1.57 bits per heavy atom. The van der Waals surface area contributed by atoms with E-state index in [0.29, 0.717) is 29.3 Å². The number of pyridine rings is 1. The number of halogens is 1. The van der Waals surface area contributed by atoms with Crippen molar-refractivity contribution in [3.8, 4) is 0 Å². The predicted molar refractivity (Wildman–Crippen MR) is 56.5 cm³/mol. The summed E-state index contributed by atoms with van der Waals surface area (Å²) in [7, 11) is 0. The van der Waals surface area contributed by atoms with E-state index in [1.165, 1.54) is 0 Å². The van der Waals surface area contributed by atoms with Gasteiger partial charge in [0.25, 0.3) is 0 Å². The zero-order chi connectivity index (χ0) is 9.97. The summed E-state index contributed by atoms with van der Waals surface area (Å²) < 4.78 is 5.24. The topological polar surface area (TPSA) is 60.2 Å². The summed E-state index contributed by atoms with van der Waals surface area (Å²) in [6.45, 7) is 1.49. The van der Waals surface area contributed by atoms with Crippen LogP contribution in [0.5, 0.6) is 0 Å². The molecule has 0 amide bonds. The second kappa shape index (κ2) is 4.02. The van der Waals surface area contributed by atoms with Gasteiger partial charge in [-0.15, -0.1) is 0 Å². The molecule has 2 rings (SSSR count). The Bertz CT molecular complexity index is 326. The van der Waals surface area contributed by atoms with Crippen molar-refractivity contribution >= 4 is 23.1 Å². The first-order chi connectivity index (χ1) is 6.75. The summed E-state index contributed by atoms with van der Waals surface area (Å²) in [5, 5.41) is 3.65. The van der Waals surface area contributed by atoms with Crippen LogP contribution in [0.1, 0.15) is 6.42 Å². The number of ether oxygens (including phenoxy) is 1. The van der Waals surface area contributed by atoms with Crippen LogP contribution in [0.15, 0.2) is 12.1 Å². The molecule has 1 unspecified atom stereocenters. The maximum atomic E-state index is 5.76. The molecule has 14 heavy (non-hydrogen) atoms. The van der Waals surface area contributed by atoms with Crippen LogP contribution < -0.4 is 11.1 Å². The van der Waals surface area contributed by atoms with E-state index in [0.717, 1.165) is 13.0 Å². The van der Waals surface area contributed by atoms with Crippen molar-refractivity contribution in [1.29, 1.82) is 0 Å². The van der Waals surface area contributed by atoms with Crippen molar-refractivity contribution in [3.63, 3.8) is 0 Å². The number of anilines is 2. The molecule has 0 aliphatic carbocycles. The summed E-state index contributed by atoms with van der Waals surface area (Å²) in [6.07, 6.45) is 0.980. The van der Waals surface area contributed by atoms with E-state index in [-0.39, 0.29) is 0 Å². The monoisotopic (exact) mass is 213 g/mol. The lowest BCUT2D eigenvalue weighted by Crippen LogP contribution is -2.20. The van der Waals surface area contributed by atoms with Crippen molar-refractivity contribution in [2.45, 2.75) is 12.5 Å². The van der Waals surface area contributed by atoms with Gasteiger partial charge in [-0.25, -0.2) is 4.98 Å². The molecule has 1 aromatic rings. The van der Waals surface area contributed by atoms with Crippen LogP contribution >= 0.6 is 11.6 Å². The Kier molecular flexibility index (Phi) is 2.74. The van der Waals surface area contributed by atoms with Gasteiger partial charge in [-0.05, 0) is 18.6 Å². The van der Waals surface area contributed by atoms with Crippen LogP contribution in [0, 0.1) is 0 Å². The fourth-order valence-electron chi connectivity index (χ4n) is 1.40. The third-order valence-electron chi connectivity index (χ3n) is 2.16. The van der Waals surface area contributed by atoms with E-state index in [2.05, 4.69) is 10.3 Å². The van der Waals surface area contributed by atoms with Gasteiger partial charge in [-0.2, -0.15) is 0 Å². The number of rotatable bonds is 2. The summed E-state index contributed by atoms with van der Waals surface area (Å²) in [6, 6.07) is 3.71. The molecule has 1 aromatic heterocycles. The van der Waals surface area contributed by atoms with E-state index in [1.807, 2.05) is 0 Å². The minimum Gasteiger partial charge on any atom is -0.396 e. The van der Waals surface area contributed by atoms with Crippen LogP contribution in [0.25, 0.3) is 0 Å². The van der Waals surface area contributed by atoms with Crippen molar-refractivity contribution in [2.24, 2.45) is 0 Å². The molecule has 0 saturated carbocycles. The molecule has 3 N–H and O–H groups in total. The lowest BCUT2D eigenvalue weighted by Gasteiger charge is -2.12. The number of aromatic nitrogens is 1. The highest BCUT2D eigenvalue weighted by Gasteiger charge is 2.16. The third-order valence-corrected chi connectivity index (χ3v) is 2.37. The highest BCUT2D eigenvalue weighted by Crippen LogP contribution is 2.20. The van der Waals surface area contributed by atoms with Crippen molar-refractivity contribution < 1.29 is 4.74 Å². The fourth-order valence-corrected chi connectivity index (χ4v) is 1.55. The Hall–Kier alpha value is -1.00. The summed E-state index contributed by atoms with van der Waals surface area (Å²) >= 11 is 5.76. The van der Waals surface area contributed by atoms with Gasteiger partial charge in [0.2, 0.25) is 0 Å². The third kappa shape index (κ3) is 2.08. The van der Waals surface area contributed by atoms with Crippen molar-refractivity contribution in [2.75, 3.05) is 24.3 Å². The minimum atomic E-state index is 0.295. The normalized spacial score (nSPS) is 21.1. The smallest absolute Gasteiger partial charge is 0.151 e. The second-order valence-electron chi connectivity index (χ2n) is 3.28. The largest absolute Gasteiger partial charge is 0.396 e. The molecule has 0 radical (unpaired) electrons. The number of hydrogen-bond acceptors (Lipinski definition) is 4. The first kappa shape index (κ1) is 9.55. The van der Waals surface area contributed by atoms with Crippen molar-refractivity contribution in [1.82, 2.24) is 4.98 Å². The van der Waals surface area contributed by atoms with E-state index < -0.39 is 0 Å². The molecular formula is C9H12ClN3O. The Morgan fingerprint density at radius 3 is 3.14 bits per heavy atom. The molecule has 1 aliphatic heterocycles. The number of nitrogens with zero attached hydrogens (tertiary/aromatic N) is 1. The molecule has 2 heterocycles. The number of hydrogen-bond donors (Lipinski definition) is 2. The molecular weight excluding hydrogens is 202 g/mol. The number of nitrogens with one attached hydrogen (secondary N) is 1. The van der Waals surface area contributed by atoms with Gasteiger partial charge in [0.1, 0.15) is 5.15 Å². The van der Waals surface area contributed by atoms with Gasteiger partial charge >= 0.3 is 0 Å². The molecule has 1 atom stereocenters. The minimum absolute atomic E-state index is 0.295. The van der Waals surface area contributed by atoms with Gasteiger partial charge in [0.15, 0.2) is 5.82 Å². The molecule has 5 heteroatoms. The first-order valence-corrected chi connectivity index (χ1v) is 4.90. The van der Waals surface area contributed by atoms with Gasteiger partial charge in [0, 0.05) is 6.61 Å². The van der Waals surface area contributed by atoms with Crippen LogP contribution in [-0.2, 0) is 4.74 Å². The maximum absolute atomic E-state index is 5.76. The molecule has 1 fully saturated rings. The van der Waals surface area contributed by atoms with Gasteiger partial charge in [0.05, 0.1) is 18.3 Å². The standard InChI is InChI=1S/C9H12ClN3O/c10-8-2-1-7(11)9(13-8)12-6-3-4-14-5-6/h1-2,6H,3-5,11H2,(H,12,13). The van der Waals surface area contributed by atoms with Crippen LogP contribution in [0.3, 0.4) is 0 Å². The van der Waals surface area contributed by atoms with Gasteiger partial charge in [-0.1, -0.05) is 11.6 Å². The average Bonchev–Trinajstić information content (AvgIpc) is 2.64. The predicted octanol–water partition coefficient (Wildman–Crippen LogP) is 1.52. The highest BCUT2D eigenvalue weighted by molar-refractivity contribution is 6.29. The van der Waals surface area contributed by atoms with E-state index >= 15 is 0 Å². The van der Waals surface area contributed by atoms with Gasteiger partial charge < -0.3 is 15.8 Å².